The molecule has 0 aliphatic carbocycles. The minimum Gasteiger partial charge on any atom is -0.493 e. The van der Waals surface area contributed by atoms with Crippen LogP contribution in [-0.2, 0) is 16.1 Å². The van der Waals surface area contributed by atoms with Crippen LogP contribution in [0.3, 0.4) is 0 Å². The first-order chi connectivity index (χ1) is 10.3. The van der Waals surface area contributed by atoms with E-state index in [1.54, 1.807) is 19.2 Å². The number of amides is 1. The van der Waals surface area contributed by atoms with Crippen molar-refractivity contribution >= 4 is 11.9 Å². The van der Waals surface area contributed by atoms with Gasteiger partial charge in [-0.1, -0.05) is 6.07 Å². The van der Waals surface area contributed by atoms with Crippen molar-refractivity contribution in [1.82, 2.24) is 5.32 Å². The van der Waals surface area contributed by atoms with Gasteiger partial charge >= 0.3 is 5.97 Å². The molecule has 6 nitrogen and oxygen atoms in total. The zero-order valence-electron chi connectivity index (χ0n) is 13.4. The molecule has 0 fully saturated rings. The maximum atomic E-state index is 11.8. The lowest BCUT2D eigenvalue weighted by atomic mass is 9.89. The Kier molecular flexibility index (Phi) is 6.22. The molecule has 1 rings (SSSR count). The second-order valence-electron chi connectivity index (χ2n) is 5.56. The summed E-state index contributed by atoms with van der Waals surface area (Å²) in [7, 11) is 1.56. The molecule has 0 aromatic heterocycles. The SMILES string of the molecule is CCOc1cc(CNC(=O)CC(C)(C)C(=O)O)ccc1OC. The first kappa shape index (κ1) is 17.8. The number of methoxy groups -OCH3 is 1. The van der Waals surface area contributed by atoms with Gasteiger partial charge in [0.05, 0.1) is 19.1 Å². The van der Waals surface area contributed by atoms with E-state index >= 15 is 0 Å². The minimum absolute atomic E-state index is 0.0726. The summed E-state index contributed by atoms with van der Waals surface area (Å²) in [5.41, 5.74) is -0.230. The van der Waals surface area contributed by atoms with Crippen molar-refractivity contribution in [2.75, 3.05) is 13.7 Å². The Morgan fingerprint density at radius 2 is 1.95 bits per heavy atom. The lowest BCUT2D eigenvalue weighted by molar-refractivity contribution is -0.149. The van der Waals surface area contributed by atoms with Gasteiger partial charge in [0.25, 0.3) is 0 Å². The quantitative estimate of drug-likeness (QED) is 0.769. The smallest absolute Gasteiger partial charge is 0.309 e. The molecular weight excluding hydrogens is 286 g/mol. The van der Waals surface area contributed by atoms with Gasteiger partial charge in [0.1, 0.15) is 0 Å². The van der Waals surface area contributed by atoms with Crippen molar-refractivity contribution in [2.45, 2.75) is 33.7 Å². The van der Waals surface area contributed by atoms with Crippen LogP contribution in [-0.4, -0.2) is 30.7 Å². The fraction of sp³-hybridized carbons (Fsp3) is 0.500. The number of carboxylic acids is 1. The average Bonchev–Trinajstić information content (AvgIpc) is 2.45. The van der Waals surface area contributed by atoms with Crippen LogP contribution >= 0.6 is 0 Å². The lowest BCUT2D eigenvalue weighted by Gasteiger charge is -2.18. The highest BCUT2D eigenvalue weighted by Gasteiger charge is 2.29. The van der Waals surface area contributed by atoms with E-state index in [2.05, 4.69) is 5.32 Å². The monoisotopic (exact) mass is 309 g/mol. The van der Waals surface area contributed by atoms with Crippen LogP contribution in [0.5, 0.6) is 11.5 Å². The first-order valence-electron chi connectivity index (χ1n) is 7.10. The van der Waals surface area contributed by atoms with Gasteiger partial charge < -0.3 is 19.9 Å². The summed E-state index contributed by atoms with van der Waals surface area (Å²) in [5.74, 6) is -0.0570. The van der Waals surface area contributed by atoms with E-state index in [0.717, 1.165) is 5.56 Å². The third-order valence-electron chi connectivity index (χ3n) is 3.20. The Balaban J connectivity index is 2.66. The second kappa shape index (κ2) is 7.68. The number of benzene rings is 1. The third kappa shape index (κ3) is 4.95. The minimum atomic E-state index is -1.08. The summed E-state index contributed by atoms with van der Waals surface area (Å²) < 4.78 is 10.7. The number of carbonyl (C=O) groups is 2. The predicted octanol–water partition coefficient (Wildman–Crippen LogP) is 2.21. The van der Waals surface area contributed by atoms with Crippen molar-refractivity contribution in [3.8, 4) is 11.5 Å². The molecule has 0 saturated carbocycles. The second-order valence-corrected chi connectivity index (χ2v) is 5.56. The highest BCUT2D eigenvalue weighted by atomic mass is 16.5. The molecule has 0 heterocycles. The van der Waals surface area contributed by atoms with Crippen molar-refractivity contribution in [1.29, 1.82) is 0 Å². The van der Waals surface area contributed by atoms with Gasteiger partial charge in [-0.2, -0.15) is 0 Å². The Hall–Kier alpha value is -2.24. The lowest BCUT2D eigenvalue weighted by Crippen LogP contribution is -2.33. The van der Waals surface area contributed by atoms with Gasteiger partial charge in [0.2, 0.25) is 5.91 Å². The largest absolute Gasteiger partial charge is 0.493 e. The fourth-order valence-corrected chi connectivity index (χ4v) is 1.84. The summed E-state index contributed by atoms with van der Waals surface area (Å²) in [4.78, 5) is 22.8. The highest BCUT2D eigenvalue weighted by molar-refractivity contribution is 5.84. The number of hydrogen-bond donors (Lipinski definition) is 2. The van der Waals surface area contributed by atoms with Crippen molar-refractivity contribution < 1.29 is 24.2 Å². The molecule has 0 bridgehead atoms. The average molecular weight is 309 g/mol. The van der Waals surface area contributed by atoms with E-state index in [4.69, 9.17) is 14.6 Å². The Bertz CT molecular complexity index is 539. The summed E-state index contributed by atoms with van der Waals surface area (Å²) >= 11 is 0. The number of aliphatic carboxylic acids is 1. The molecule has 0 radical (unpaired) electrons. The topological polar surface area (TPSA) is 84.9 Å². The van der Waals surface area contributed by atoms with Crippen molar-refractivity contribution in [3.05, 3.63) is 23.8 Å². The standard InChI is InChI=1S/C16H23NO5/c1-5-22-13-8-11(6-7-12(13)21-4)10-17-14(18)9-16(2,3)15(19)20/h6-8H,5,9-10H2,1-4H3,(H,17,18)(H,19,20). The number of ether oxygens (including phenoxy) is 2. The van der Waals surface area contributed by atoms with Crippen LogP contribution in [0.4, 0.5) is 0 Å². The van der Waals surface area contributed by atoms with Gasteiger partial charge in [-0.25, -0.2) is 0 Å². The van der Waals surface area contributed by atoms with Gasteiger partial charge in [0.15, 0.2) is 11.5 Å². The van der Waals surface area contributed by atoms with E-state index in [1.165, 1.54) is 13.8 Å². The van der Waals surface area contributed by atoms with E-state index in [1.807, 2.05) is 13.0 Å². The van der Waals surface area contributed by atoms with E-state index in [0.29, 0.717) is 24.7 Å². The molecule has 22 heavy (non-hydrogen) atoms. The number of carbonyl (C=O) groups excluding carboxylic acids is 1. The number of nitrogens with one attached hydrogen (secondary N) is 1. The van der Waals surface area contributed by atoms with Crippen LogP contribution in [0.25, 0.3) is 0 Å². The van der Waals surface area contributed by atoms with E-state index in [9.17, 15) is 9.59 Å². The Morgan fingerprint density at radius 1 is 1.27 bits per heavy atom. The molecule has 1 aromatic rings. The van der Waals surface area contributed by atoms with Gasteiger partial charge in [-0.3, -0.25) is 9.59 Å². The molecule has 0 aliphatic rings. The molecule has 122 valence electrons. The Labute approximate surface area is 130 Å². The molecule has 0 atom stereocenters. The number of rotatable bonds is 8. The summed E-state index contributed by atoms with van der Waals surface area (Å²) in [6.45, 7) is 5.74. The highest BCUT2D eigenvalue weighted by Crippen LogP contribution is 2.28. The van der Waals surface area contributed by atoms with Gasteiger partial charge in [-0.05, 0) is 38.5 Å². The van der Waals surface area contributed by atoms with Crippen molar-refractivity contribution in [3.63, 3.8) is 0 Å². The van der Waals surface area contributed by atoms with Gasteiger partial charge in [-0.15, -0.1) is 0 Å². The molecule has 0 unspecified atom stereocenters. The zero-order valence-corrected chi connectivity index (χ0v) is 13.4. The molecule has 0 aliphatic heterocycles. The predicted molar refractivity (Wildman–Crippen MR) is 82.0 cm³/mol. The molecule has 2 N–H and O–H groups in total. The summed E-state index contributed by atoms with van der Waals surface area (Å²) in [6.07, 6.45) is -0.0726. The summed E-state index contributed by atoms with van der Waals surface area (Å²) in [6, 6.07) is 5.39. The molecule has 1 amide bonds. The fourth-order valence-electron chi connectivity index (χ4n) is 1.84. The number of carboxylic acid groups (broad SMARTS) is 1. The molecule has 0 spiro atoms. The van der Waals surface area contributed by atoms with Crippen LogP contribution in [0.1, 0.15) is 32.8 Å². The normalized spacial score (nSPS) is 10.9. The molecule has 0 saturated heterocycles. The molecule has 6 heteroatoms. The number of hydrogen-bond acceptors (Lipinski definition) is 4. The van der Waals surface area contributed by atoms with Crippen LogP contribution in [0, 0.1) is 5.41 Å². The summed E-state index contributed by atoms with van der Waals surface area (Å²) in [5, 5.41) is 11.7. The molecule has 1 aromatic carbocycles. The maximum Gasteiger partial charge on any atom is 0.309 e. The van der Waals surface area contributed by atoms with E-state index < -0.39 is 11.4 Å². The van der Waals surface area contributed by atoms with Gasteiger partial charge in [0, 0.05) is 13.0 Å². The third-order valence-corrected chi connectivity index (χ3v) is 3.20. The first-order valence-corrected chi connectivity index (χ1v) is 7.10. The van der Waals surface area contributed by atoms with Crippen LogP contribution in [0.2, 0.25) is 0 Å². The Morgan fingerprint density at radius 3 is 2.50 bits per heavy atom. The van der Waals surface area contributed by atoms with Crippen molar-refractivity contribution in [2.24, 2.45) is 5.41 Å². The van der Waals surface area contributed by atoms with Crippen LogP contribution in [0.15, 0.2) is 18.2 Å². The van der Waals surface area contributed by atoms with Crippen LogP contribution < -0.4 is 14.8 Å². The molecular formula is C16H23NO5. The zero-order chi connectivity index (χ0) is 16.8. The maximum absolute atomic E-state index is 11.8. The van der Waals surface area contributed by atoms with E-state index in [-0.39, 0.29) is 12.3 Å².